The first-order valence-electron chi connectivity index (χ1n) is 11.7. The van der Waals surface area contributed by atoms with Crippen LogP contribution in [-0.2, 0) is 4.79 Å². The number of hydrogen-bond acceptors (Lipinski definition) is 8. The quantitative estimate of drug-likeness (QED) is 0.271. The summed E-state index contributed by atoms with van der Waals surface area (Å²) in [7, 11) is 2.12. The topological polar surface area (TPSA) is 92.3 Å². The van der Waals surface area contributed by atoms with Crippen LogP contribution in [-0.4, -0.2) is 65.1 Å². The highest BCUT2D eigenvalue weighted by Gasteiger charge is 2.22. The van der Waals surface area contributed by atoms with Crippen LogP contribution in [0.1, 0.15) is 12.8 Å². The summed E-state index contributed by atoms with van der Waals surface area (Å²) >= 11 is 1.70. The highest BCUT2D eigenvalue weighted by Crippen LogP contribution is 2.33. The molecule has 35 heavy (non-hydrogen) atoms. The molecule has 0 saturated carbocycles. The molecule has 8 nitrogen and oxygen atoms in total. The molecule has 2 N–H and O–H groups in total. The summed E-state index contributed by atoms with van der Waals surface area (Å²) in [6.07, 6.45) is 3.53. The smallest absolute Gasteiger partial charge is 0.320 e. The summed E-state index contributed by atoms with van der Waals surface area (Å²) in [5.74, 6) is 0.420. The molecule has 1 aliphatic rings. The molecule has 4 aromatic rings. The Kier molecular flexibility index (Phi) is 6.87. The third kappa shape index (κ3) is 5.11. The molecule has 0 aliphatic carbocycles. The Labute approximate surface area is 208 Å². The van der Waals surface area contributed by atoms with E-state index in [0.29, 0.717) is 43.2 Å². The zero-order chi connectivity index (χ0) is 24.2. The molecule has 9 heteroatoms. The number of nitrogens with zero attached hydrogens (tertiary/aromatic N) is 4. The van der Waals surface area contributed by atoms with Crippen molar-refractivity contribution in [2.45, 2.75) is 18.9 Å². The summed E-state index contributed by atoms with van der Waals surface area (Å²) < 4.78 is 7.25. The van der Waals surface area contributed by atoms with E-state index in [4.69, 9.17) is 9.72 Å². The number of anilines is 1. The molecule has 0 radical (unpaired) electrons. The zero-order valence-electron chi connectivity index (χ0n) is 19.7. The maximum Gasteiger partial charge on any atom is 0.320 e. The Morgan fingerprint density at radius 1 is 1.23 bits per heavy atom. The number of carbonyl (C=O) groups excluding carboxylic acids is 1. The summed E-state index contributed by atoms with van der Waals surface area (Å²) in [4.78, 5) is 28.0. The predicted octanol–water partition coefficient (Wildman–Crippen LogP) is 4.09. The Morgan fingerprint density at radius 3 is 2.97 bits per heavy atom. The molecular formula is C26H28N6O2S. The molecule has 5 rings (SSSR count). The highest BCUT2D eigenvalue weighted by atomic mass is 32.1. The van der Waals surface area contributed by atoms with Gasteiger partial charge in [-0.1, -0.05) is 24.8 Å². The van der Waals surface area contributed by atoms with Gasteiger partial charge in [-0.3, -0.25) is 4.79 Å². The van der Waals surface area contributed by atoms with Crippen molar-refractivity contribution in [1.29, 1.82) is 0 Å². The average molecular weight is 489 g/mol. The van der Waals surface area contributed by atoms with E-state index in [9.17, 15) is 4.79 Å². The summed E-state index contributed by atoms with van der Waals surface area (Å²) in [6.45, 7) is 6.02. The van der Waals surface area contributed by atoms with Gasteiger partial charge >= 0.3 is 6.01 Å². The second-order valence-corrected chi connectivity index (χ2v) is 9.49. The van der Waals surface area contributed by atoms with Gasteiger partial charge in [0.2, 0.25) is 5.91 Å². The van der Waals surface area contributed by atoms with Crippen molar-refractivity contribution in [2.24, 2.45) is 0 Å². The molecule has 180 valence electrons. The van der Waals surface area contributed by atoms with Gasteiger partial charge in [-0.2, -0.15) is 9.97 Å². The van der Waals surface area contributed by atoms with Gasteiger partial charge in [0.1, 0.15) is 12.4 Å². The van der Waals surface area contributed by atoms with Gasteiger partial charge in [-0.25, -0.2) is 4.98 Å². The van der Waals surface area contributed by atoms with Crippen LogP contribution in [0.25, 0.3) is 32.4 Å². The van der Waals surface area contributed by atoms with Crippen LogP contribution in [0.3, 0.4) is 0 Å². The van der Waals surface area contributed by atoms with E-state index in [1.807, 2.05) is 18.2 Å². The molecule has 1 saturated heterocycles. The van der Waals surface area contributed by atoms with E-state index in [-0.39, 0.29) is 5.91 Å². The summed E-state index contributed by atoms with van der Waals surface area (Å²) in [5, 5.41) is 10.2. The number of benzene rings is 1. The number of likely N-dealkylation sites (N-methyl/N-ethyl adjacent to an activating group) is 1. The molecule has 1 fully saturated rings. The van der Waals surface area contributed by atoms with Crippen LogP contribution < -0.4 is 15.4 Å². The van der Waals surface area contributed by atoms with Crippen molar-refractivity contribution in [1.82, 2.24) is 25.2 Å². The Morgan fingerprint density at radius 2 is 2.14 bits per heavy atom. The molecule has 1 atom stereocenters. The fourth-order valence-electron chi connectivity index (χ4n) is 4.33. The Hall–Kier alpha value is -3.56. The minimum Gasteiger partial charge on any atom is -0.462 e. The van der Waals surface area contributed by atoms with Gasteiger partial charge in [0.05, 0.1) is 11.1 Å². The van der Waals surface area contributed by atoms with Gasteiger partial charge in [0.15, 0.2) is 5.65 Å². The molecule has 3 aromatic heterocycles. The van der Waals surface area contributed by atoms with Crippen molar-refractivity contribution < 1.29 is 9.53 Å². The number of nitrogens with one attached hydrogen (secondary N) is 2. The number of aromatic nitrogens is 3. The second kappa shape index (κ2) is 10.4. The summed E-state index contributed by atoms with van der Waals surface area (Å²) in [6, 6.07) is 13.0. The lowest BCUT2D eigenvalue weighted by molar-refractivity contribution is -0.116. The maximum atomic E-state index is 11.5. The Bertz CT molecular complexity index is 1370. The summed E-state index contributed by atoms with van der Waals surface area (Å²) in [5.41, 5.74) is 2.50. The van der Waals surface area contributed by atoms with Crippen LogP contribution >= 0.6 is 11.3 Å². The number of fused-ring (bicyclic) bond motifs is 2. The van der Waals surface area contributed by atoms with Gasteiger partial charge < -0.3 is 20.3 Å². The average Bonchev–Trinajstić information content (AvgIpc) is 3.53. The number of pyridine rings is 1. The first-order valence-corrected chi connectivity index (χ1v) is 12.6. The lowest BCUT2D eigenvalue weighted by Crippen LogP contribution is -2.31. The van der Waals surface area contributed by atoms with Crippen LogP contribution in [0, 0.1) is 0 Å². The molecular weight excluding hydrogens is 460 g/mol. The number of likely N-dealkylation sites (tertiary alicyclic amines) is 1. The van der Waals surface area contributed by atoms with E-state index < -0.39 is 0 Å². The lowest BCUT2D eigenvalue weighted by Gasteiger charge is -2.19. The van der Waals surface area contributed by atoms with E-state index in [2.05, 4.69) is 62.7 Å². The number of carbonyl (C=O) groups is 1. The van der Waals surface area contributed by atoms with E-state index in [0.717, 1.165) is 29.6 Å². The molecule has 0 bridgehead atoms. The minimum atomic E-state index is -0.210. The van der Waals surface area contributed by atoms with E-state index in [1.165, 1.54) is 22.6 Å². The largest absolute Gasteiger partial charge is 0.462 e. The monoisotopic (exact) mass is 488 g/mol. The van der Waals surface area contributed by atoms with Crippen LogP contribution in [0.5, 0.6) is 6.01 Å². The molecule has 0 unspecified atom stereocenters. The number of hydrogen-bond donors (Lipinski definition) is 2. The highest BCUT2D eigenvalue weighted by molar-refractivity contribution is 7.17. The van der Waals surface area contributed by atoms with Crippen molar-refractivity contribution in [3.63, 3.8) is 0 Å². The van der Waals surface area contributed by atoms with Crippen LogP contribution in [0.15, 0.2) is 54.4 Å². The number of ether oxygens (including phenoxy) is 1. The van der Waals surface area contributed by atoms with Gasteiger partial charge in [0, 0.05) is 29.4 Å². The maximum absolute atomic E-state index is 11.5. The van der Waals surface area contributed by atoms with Crippen molar-refractivity contribution in [2.75, 3.05) is 38.6 Å². The molecule has 0 spiro atoms. The van der Waals surface area contributed by atoms with Crippen LogP contribution in [0.2, 0.25) is 0 Å². The fourth-order valence-corrected chi connectivity index (χ4v) is 5.26. The molecule has 4 heterocycles. The van der Waals surface area contributed by atoms with Gasteiger partial charge in [0.25, 0.3) is 0 Å². The second-order valence-electron chi connectivity index (χ2n) is 8.58. The van der Waals surface area contributed by atoms with Crippen molar-refractivity contribution in [3.05, 3.63) is 54.4 Å². The minimum absolute atomic E-state index is 0.210. The zero-order valence-corrected chi connectivity index (χ0v) is 20.5. The molecule has 1 aliphatic heterocycles. The Balaban J connectivity index is 1.46. The molecule has 1 aromatic carbocycles. The molecule has 1 amide bonds. The van der Waals surface area contributed by atoms with Gasteiger partial charge in [-0.05, 0) is 61.5 Å². The van der Waals surface area contributed by atoms with E-state index in [1.54, 1.807) is 11.3 Å². The first-order chi connectivity index (χ1) is 17.1. The standard InChI is InChI=1S/C26H28N6O2S/c1-3-22(33)27-12-13-28-24-20-9-10-21(19-8-4-6-17-11-15-35-23(17)19)29-25(20)31-26(30-24)34-16-18-7-5-14-32(18)2/h3-4,6,8-11,15,18H,1,5,7,12-14,16H2,2H3,(H,27,33)(H,28,29,30,31)/t18-/m0/s1. The lowest BCUT2D eigenvalue weighted by atomic mass is 10.1. The third-order valence-corrected chi connectivity index (χ3v) is 7.24. The SMILES string of the molecule is C=CC(=O)NCCNc1nc(OC[C@@H]2CCCN2C)nc2nc(-c3cccc4ccsc34)ccc12. The van der Waals surface area contributed by atoms with Crippen molar-refractivity contribution >= 4 is 44.2 Å². The van der Waals surface area contributed by atoms with Crippen molar-refractivity contribution in [3.8, 4) is 17.3 Å². The fraction of sp³-hybridized carbons (Fsp3) is 0.308. The normalized spacial score (nSPS) is 16.0. The third-order valence-electron chi connectivity index (χ3n) is 6.27. The van der Waals surface area contributed by atoms with E-state index >= 15 is 0 Å². The number of amides is 1. The van der Waals surface area contributed by atoms with Gasteiger partial charge in [-0.15, -0.1) is 11.3 Å². The number of thiophene rings is 1. The predicted molar refractivity (Wildman–Crippen MR) is 141 cm³/mol. The van der Waals surface area contributed by atoms with Crippen LogP contribution in [0.4, 0.5) is 5.82 Å². The first kappa shape index (κ1) is 23.2. The number of rotatable bonds is 9.